The van der Waals surface area contributed by atoms with Crippen molar-refractivity contribution in [3.05, 3.63) is 16.6 Å². The summed E-state index contributed by atoms with van der Waals surface area (Å²) in [6.07, 6.45) is 1.54. The molecule has 0 unspecified atom stereocenters. The molecule has 0 fully saturated rings. The van der Waals surface area contributed by atoms with Gasteiger partial charge in [-0.25, -0.2) is 14.5 Å². The average Bonchev–Trinajstić information content (AvgIpc) is 2.47. The van der Waals surface area contributed by atoms with Crippen molar-refractivity contribution in [3.8, 4) is 0 Å². The Morgan fingerprint density at radius 3 is 2.67 bits per heavy atom. The molecule has 2 N–H and O–H groups in total. The highest BCUT2D eigenvalue weighted by molar-refractivity contribution is 9.10. The number of anilines is 1. The van der Waals surface area contributed by atoms with E-state index in [1.807, 2.05) is 0 Å². The topological polar surface area (TPSA) is 69.1 Å². The number of aromatic nitrogens is 4. The van der Waals surface area contributed by atoms with Gasteiger partial charge in [0.2, 0.25) is 0 Å². The first-order chi connectivity index (χ1) is 6.89. The van der Waals surface area contributed by atoms with Crippen LogP contribution in [0.1, 0.15) is 5.82 Å². The minimum atomic E-state index is -1.63. The number of imidazole rings is 1. The van der Waals surface area contributed by atoms with E-state index in [1.54, 1.807) is 0 Å². The first-order valence-electron chi connectivity index (χ1n) is 3.93. The van der Waals surface area contributed by atoms with E-state index in [0.717, 1.165) is 0 Å². The van der Waals surface area contributed by atoms with E-state index in [4.69, 9.17) is 29.3 Å². The summed E-state index contributed by atoms with van der Waals surface area (Å²) in [5, 5.41) is 2.38. The second-order valence-electron chi connectivity index (χ2n) is 3.07. The number of nitrogens with two attached hydrogens (primary N) is 1. The zero-order valence-electron chi connectivity index (χ0n) is 7.55. The number of nitrogens with zero attached hydrogens (tertiary/aromatic N) is 4. The molecule has 2 aromatic rings. The number of rotatable bonds is 1. The third-order valence-electron chi connectivity index (χ3n) is 1.73. The van der Waals surface area contributed by atoms with Gasteiger partial charge in [-0.15, -0.1) is 0 Å². The monoisotopic (exact) mass is 257 g/mol. The standard InChI is InChI=1S/C6H3B3BrN5/c7-6(8,9)5-13-3(11)4-12-1-2(10)15(4)14-5/h1H,(H2,11,13,14). The van der Waals surface area contributed by atoms with Gasteiger partial charge in [0.05, 0.1) is 29.7 Å². The van der Waals surface area contributed by atoms with Crippen molar-refractivity contribution >= 4 is 50.9 Å². The van der Waals surface area contributed by atoms with Crippen LogP contribution in [0.25, 0.3) is 5.65 Å². The summed E-state index contributed by atoms with van der Waals surface area (Å²) in [4.78, 5) is 7.86. The molecule has 0 aliphatic rings. The number of nitrogen functional groups attached to an aromatic ring is 1. The van der Waals surface area contributed by atoms with Crippen LogP contribution in [-0.4, -0.2) is 43.1 Å². The molecule has 0 bridgehead atoms. The molecule has 0 amide bonds. The third kappa shape index (κ3) is 1.76. The van der Waals surface area contributed by atoms with Crippen molar-refractivity contribution in [3.63, 3.8) is 0 Å². The van der Waals surface area contributed by atoms with Crippen LogP contribution < -0.4 is 5.73 Å². The molecule has 2 aromatic heterocycles. The molecule has 15 heavy (non-hydrogen) atoms. The Bertz CT molecular complexity index is 519. The lowest BCUT2D eigenvalue weighted by Crippen LogP contribution is -2.31. The van der Waals surface area contributed by atoms with Crippen LogP contribution in [0, 0.1) is 0 Å². The van der Waals surface area contributed by atoms with Crippen LogP contribution in [0.15, 0.2) is 10.8 Å². The highest BCUT2D eigenvalue weighted by Gasteiger charge is 2.19. The SMILES string of the molecule is [B]C([B])([B])c1nc(N)c2ncc(Br)n2n1. The lowest BCUT2D eigenvalue weighted by atomic mass is 9.42. The molecule has 0 aromatic carbocycles. The van der Waals surface area contributed by atoms with Crippen molar-refractivity contribution in [2.75, 3.05) is 5.73 Å². The molecule has 0 saturated carbocycles. The molecule has 0 aliphatic heterocycles. The number of hydrogen-bond acceptors (Lipinski definition) is 4. The zero-order valence-corrected chi connectivity index (χ0v) is 9.14. The fourth-order valence-corrected chi connectivity index (χ4v) is 1.41. The van der Waals surface area contributed by atoms with Gasteiger partial charge in [0.1, 0.15) is 10.4 Å². The van der Waals surface area contributed by atoms with Crippen molar-refractivity contribution in [1.82, 2.24) is 19.6 Å². The summed E-state index contributed by atoms with van der Waals surface area (Å²) < 4.78 is 2.02. The number of halogens is 1. The van der Waals surface area contributed by atoms with Crippen molar-refractivity contribution < 1.29 is 0 Å². The Morgan fingerprint density at radius 2 is 2.07 bits per heavy atom. The van der Waals surface area contributed by atoms with E-state index >= 15 is 0 Å². The lowest BCUT2D eigenvalue weighted by molar-refractivity contribution is 0.811. The summed E-state index contributed by atoms with van der Waals surface area (Å²) in [5.74, 6) is 0.197. The fourth-order valence-electron chi connectivity index (χ4n) is 1.06. The van der Waals surface area contributed by atoms with Crippen molar-refractivity contribution in [2.24, 2.45) is 0 Å². The summed E-state index contributed by atoms with van der Waals surface area (Å²) in [7, 11) is 16.4. The van der Waals surface area contributed by atoms with Crippen LogP contribution in [0.3, 0.4) is 0 Å². The summed E-state index contributed by atoms with van der Waals surface area (Å²) in [6, 6.07) is 0. The van der Waals surface area contributed by atoms with Gasteiger partial charge in [-0.1, -0.05) is 5.11 Å². The quantitative estimate of drug-likeness (QED) is 0.671. The van der Waals surface area contributed by atoms with Crippen LogP contribution >= 0.6 is 15.9 Å². The summed E-state index contributed by atoms with van der Waals surface area (Å²) in [6.45, 7) is 0. The predicted molar refractivity (Wildman–Crippen MR) is 61.8 cm³/mol. The number of fused-ring (bicyclic) bond motifs is 1. The molecule has 0 saturated heterocycles. The molecule has 9 heteroatoms. The Morgan fingerprint density at radius 1 is 1.40 bits per heavy atom. The maximum atomic E-state index is 5.65. The van der Waals surface area contributed by atoms with Gasteiger partial charge >= 0.3 is 0 Å². The van der Waals surface area contributed by atoms with Gasteiger partial charge in [-0.05, 0) is 15.9 Å². The maximum Gasteiger partial charge on any atom is 0.197 e. The minimum Gasteiger partial charge on any atom is -0.380 e. The van der Waals surface area contributed by atoms with Gasteiger partial charge in [0, 0.05) is 0 Å². The van der Waals surface area contributed by atoms with Crippen LogP contribution in [0.5, 0.6) is 0 Å². The normalized spacial score (nSPS) is 12.1. The van der Waals surface area contributed by atoms with E-state index in [0.29, 0.717) is 10.3 Å². The van der Waals surface area contributed by atoms with E-state index in [1.165, 1.54) is 10.7 Å². The van der Waals surface area contributed by atoms with Crippen LogP contribution in [-0.2, 0) is 5.11 Å². The smallest absolute Gasteiger partial charge is 0.197 e. The van der Waals surface area contributed by atoms with E-state index in [2.05, 4.69) is 31.0 Å². The molecular formula is C6H3B3BrN5. The van der Waals surface area contributed by atoms with Crippen LogP contribution in [0.2, 0.25) is 0 Å². The molecule has 5 nitrogen and oxygen atoms in total. The van der Waals surface area contributed by atoms with Crippen molar-refractivity contribution in [1.29, 1.82) is 0 Å². The minimum absolute atomic E-state index is 0.0335. The lowest BCUT2D eigenvalue weighted by Gasteiger charge is -2.17. The fraction of sp³-hybridized carbons (Fsp3) is 0.167. The Kier molecular flexibility index (Phi) is 2.29. The molecule has 0 atom stereocenters. The van der Waals surface area contributed by atoms with Crippen LogP contribution in [0.4, 0.5) is 5.82 Å². The molecule has 2 heterocycles. The summed E-state index contributed by atoms with van der Waals surface area (Å²) in [5.41, 5.74) is 6.06. The first-order valence-corrected chi connectivity index (χ1v) is 4.73. The number of hydrogen-bond donors (Lipinski definition) is 1. The molecule has 68 valence electrons. The molecule has 2 rings (SSSR count). The molecule has 0 spiro atoms. The molecular weight excluding hydrogens is 254 g/mol. The average molecular weight is 257 g/mol. The van der Waals surface area contributed by atoms with E-state index in [9.17, 15) is 0 Å². The van der Waals surface area contributed by atoms with Gasteiger partial charge in [-0.2, -0.15) is 5.10 Å². The van der Waals surface area contributed by atoms with E-state index < -0.39 is 5.11 Å². The van der Waals surface area contributed by atoms with Gasteiger partial charge in [0.25, 0.3) is 0 Å². The Labute approximate surface area is 98.2 Å². The zero-order chi connectivity index (χ0) is 11.2. The van der Waals surface area contributed by atoms with Gasteiger partial charge < -0.3 is 5.73 Å². The van der Waals surface area contributed by atoms with E-state index in [-0.39, 0.29) is 11.6 Å². The second kappa shape index (κ2) is 3.26. The summed E-state index contributed by atoms with van der Waals surface area (Å²) >= 11 is 3.23. The first kappa shape index (κ1) is 10.5. The Hall–Kier alpha value is -0.975. The second-order valence-corrected chi connectivity index (χ2v) is 3.88. The maximum absolute atomic E-state index is 5.65. The Balaban J connectivity index is 2.76. The highest BCUT2D eigenvalue weighted by atomic mass is 79.9. The van der Waals surface area contributed by atoms with Gasteiger partial charge in [-0.3, -0.25) is 0 Å². The molecule has 6 radical (unpaired) electrons. The van der Waals surface area contributed by atoms with Crippen molar-refractivity contribution in [2.45, 2.75) is 5.11 Å². The highest BCUT2D eigenvalue weighted by Crippen LogP contribution is 2.17. The largest absolute Gasteiger partial charge is 0.380 e. The molecule has 0 aliphatic carbocycles. The van der Waals surface area contributed by atoms with Gasteiger partial charge in [0.15, 0.2) is 11.5 Å². The third-order valence-corrected chi connectivity index (χ3v) is 2.27. The predicted octanol–water partition coefficient (Wildman–Crippen LogP) is -0.915.